The van der Waals surface area contributed by atoms with Gasteiger partial charge in [-0.25, -0.2) is 8.42 Å². The summed E-state index contributed by atoms with van der Waals surface area (Å²) in [7, 11) is -1.04. The third-order valence-corrected chi connectivity index (χ3v) is 7.96. The molecule has 0 saturated carbocycles. The van der Waals surface area contributed by atoms with Crippen LogP contribution in [0.1, 0.15) is 54.4 Å². The van der Waals surface area contributed by atoms with Crippen LogP contribution in [0.15, 0.2) is 51.9 Å². The third-order valence-electron chi connectivity index (χ3n) is 6.16. The van der Waals surface area contributed by atoms with Crippen LogP contribution >= 0.6 is 0 Å². The quantitative estimate of drug-likeness (QED) is 0.463. The van der Waals surface area contributed by atoms with Gasteiger partial charge in [-0.15, -0.1) is 0 Å². The Hall–Kier alpha value is -3.24. The second-order valence-electron chi connectivity index (χ2n) is 8.91. The van der Waals surface area contributed by atoms with E-state index in [-0.39, 0.29) is 28.8 Å². The molecule has 1 aliphatic heterocycles. The number of nitrogens with zero attached hydrogens (tertiary/aromatic N) is 4. The minimum Gasteiger partial charge on any atom is -0.496 e. The van der Waals surface area contributed by atoms with E-state index >= 15 is 0 Å². The highest BCUT2D eigenvalue weighted by Gasteiger charge is 2.28. The zero-order valence-corrected chi connectivity index (χ0v) is 21.2. The van der Waals surface area contributed by atoms with E-state index in [9.17, 15) is 13.2 Å². The molecule has 0 N–H and O–H groups in total. The van der Waals surface area contributed by atoms with E-state index in [0.717, 1.165) is 22.7 Å². The molecule has 0 radical (unpaired) electrons. The van der Waals surface area contributed by atoms with Gasteiger partial charge in [0.1, 0.15) is 5.75 Å². The highest BCUT2D eigenvalue weighted by atomic mass is 32.2. The first-order valence-corrected chi connectivity index (χ1v) is 13.0. The lowest BCUT2D eigenvalue weighted by molar-refractivity contribution is 0.0789. The fourth-order valence-corrected chi connectivity index (χ4v) is 5.16. The van der Waals surface area contributed by atoms with Crippen molar-refractivity contribution in [3.8, 4) is 17.1 Å². The molecular weight excluding hydrogens is 468 g/mol. The second kappa shape index (κ2) is 10.2. The van der Waals surface area contributed by atoms with Crippen LogP contribution in [-0.2, 0) is 16.6 Å². The molecule has 1 aliphatic rings. The van der Waals surface area contributed by atoms with Gasteiger partial charge in [-0.05, 0) is 42.5 Å². The van der Waals surface area contributed by atoms with E-state index in [2.05, 4.69) is 24.0 Å². The van der Waals surface area contributed by atoms with Crippen molar-refractivity contribution in [3.05, 3.63) is 59.5 Å². The normalized spacial score (nSPS) is 14.2. The van der Waals surface area contributed by atoms with Crippen LogP contribution < -0.4 is 4.74 Å². The fraction of sp³-hybridized carbons (Fsp3) is 0.400. The number of hydrogen-bond donors (Lipinski definition) is 0. The Morgan fingerprint density at radius 3 is 2.46 bits per heavy atom. The lowest BCUT2D eigenvalue weighted by Crippen LogP contribution is -2.29. The molecule has 0 aliphatic carbocycles. The summed E-state index contributed by atoms with van der Waals surface area (Å²) in [5, 5.41) is 4.00. The maximum absolute atomic E-state index is 13.3. The van der Waals surface area contributed by atoms with Gasteiger partial charge in [0, 0.05) is 25.7 Å². The number of ether oxygens (including phenoxy) is 1. The number of amides is 1. The molecule has 9 nitrogen and oxygen atoms in total. The minimum atomic E-state index is -3.93. The molecule has 1 saturated heterocycles. The summed E-state index contributed by atoms with van der Waals surface area (Å²) < 4.78 is 38.3. The van der Waals surface area contributed by atoms with Crippen LogP contribution in [0.25, 0.3) is 11.4 Å². The molecular formula is C25H30N4O5S. The Bertz CT molecular complexity index is 1300. The van der Waals surface area contributed by atoms with E-state index in [1.54, 1.807) is 4.90 Å². The lowest BCUT2D eigenvalue weighted by Gasteiger charge is -2.19. The Labute approximate surface area is 205 Å². The second-order valence-corrected chi connectivity index (χ2v) is 11.0. The molecule has 186 valence electrons. The molecule has 0 spiro atoms. The summed E-state index contributed by atoms with van der Waals surface area (Å²) >= 11 is 0. The zero-order valence-electron chi connectivity index (χ0n) is 20.4. The number of carbonyl (C=O) groups excluding carboxylic acids is 1. The number of aromatic nitrogens is 2. The Balaban J connectivity index is 1.53. The smallest absolute Gasteiger partial charge is 0.257 e. The van der Waals surface area contributed by atoms with Crippen molar-refractivity contribution in [3.63, 3.8) is 0 Å². The van der Waals surface area contributed by atoms with Crippen molar-refractivity contribution < 1.29 is 22.5 Å². The van der Waals surface area contributed by atoms with Gasteiger partial charge in [-0.1, -0.05) is 43.3 Å². The van der Waals surface area contributed by atoms with Gasteiger partial charge >= 0.3 is 0 Å². The van der Waals surface area contributed by atoms with Gasteiger partial charge in [0.25, 0.3) is 5.91 Å². The van der Waals surface area contributed by atoms with Crippen LogP contribution in [0.2, 0.25) is 0 Å². The van der Waals surface area contributed by atoms with Gasteiger partial charge in [-0.2, -0.15) is 9.29 Å². The predicted octanol–water partition coefficient (Wildman–Crippen LogP) is 3.93. The first-order valence-electron chi connectivity index (χ1n) is 11.6. The molecule has 2 heterocycles. The van der Waals surface area contributed by atoms with E-state index in [1.165, 1.54) is 37.9 Å². The standard InChI is InChI=1S/C25H30N4O5S/c1-17(2)18-7-9-19(10-8-18)24-26-23(34-27-24)16-28(3)35(31,32)20-11-12-22(33-4)21(15-20)25(30)29-13-5-6-14-29/h7-12,15,17H,5-6,13-14,16H2,1-4H3. The van der Waals surface area contributed by atoms with E-state index in [0.29, 0.717) is 30.6 Å². The predicted molar refractivity (Wildman–Crippen MR) is 131 cm³/mol. The number of sulfonamides is 1. The van der Waals surface area contributed by atoms with Crippen molar-refractivity contribution in [1.82, 2.24) is 19.3 Å². The Morgan fingerprint density at radius 1 is 1.14 bits per heavy atom. The Morgan fingerprint density at radius 2 is 1.83 bits per heavy atom. The monoisotopic (exact) mass is 498 g/mol. The molecule has 35 heavy (non-hydrogen) atoms. The molecule has 1 fully saturated rings. The summed E-state index contributed by atoms with van der Waals surface area (Å²) in [4.78, 5) is 19.0. The summed E-state index contributed by atoms with van der Waals surface area (Å²) in [5.41, 5.74) is 2.22. The van der Waals surface area contributed by atoms with Gasteiger partial charge in [0.2, 0.25) is 21.7 Å². The van der Waals surface area contributed by atoms with Gasteiger partial charge in [0.05, 0.1) is 24.1 Å². The first-order chi connectivity index (χ1) is 16.7. The summed E-state index contributed by atoms with van der Waals surface area (Å²) in [6.45, 7) is 5.43. The summed E-state index contributed by atoms with van der Waals surface area (Å²) in [6, 6.07) is 12.2. The summed E-state index contributed by atoms with van der Waals surface area (Å²) in [5.74, 6) is 1.08. The van der Waals surface area contributed by atoms with Gasteiger partial charge < -0.3 is 14.2 Å². The number of methoxy groups -OCH3 is 1. The number of likely N-dealkylation sites (tertiary alicyclic amines) is 1. The highest BCUT2D eigenvalue weighted by Crippen LogP contribution is 2.27. The molecule has 0 atom stereocenters. The molecule has 3 aromatic rings. The van der Waals surface area contributed by atoms with Gasteiger partial charge in [-0.3, -0.25) is 4.79 Å². The average Bonchev–Trinajstić information content (AvgIpc) is 3.56. The zero-order chi connectivity index (χ0) is 25.2. The molecule has 10 heteroatoms. The highest BCUT2D eigenvalue weighted by molar-refractivity contribution is 7.89. The number of benzene rings is 2. The minimum absolute atomic E-state index is 0.00707. The van der Waals surface area contributed by atoms with E-state index in [4.69, 9.17) is 9.26 Å². The lowest BCUT2D eigenvalue weighted by atomic mass is 10.0. The Kier molecular flexibility index (Phi) is 7.23. The molecule has 4 rings (SSSR count). The van der Waals surface area contributed by atoms with Crippen LogP contribution in [-0.4, -0.2) is 60.9 Å². The third kappa shape index (κ3) is 5.23. The van der Waals surface area contributed by atoms with Crippen molar-refractivity contribution >= 4 is 15.9 Å². The largest absolute Gasteiger partial charge is 0.496 e. The SMILES string of the molecule is COc1ccc(S(=O)(=O)N(C)Cc2nc(-c3ccc(C(C)C)cc3)no2)cc1C(=O)N1CCCC1. The van der Waals surface area contributed by atoms with Crippen molar-refractivity contribution in [2.24, 2.45) is 0 Å². The van der Waals surface area contributed by atoms with Crippen molar-refractivity contribution in [1.29, 1.82) is 0 Å². The molecule has 1 aromatic heterocycles. The van der Waals surface area contributed by atoms with E-state index in [1.807, 2.05) is 24.3 Å². The molecule has 0 unspecified atom stereocenters. The van der Waals surface area contributed by atoms with Crippen LogP contribution in [0.5, 0.6) is 5.75 Å². The number of hydrogen-bond acceptors (Lipinski definition) is 7. The van der Waals surface area contributed by atoms with Crippen LogP contribution in [0, 0.1) is 0 Å². The molecule has 1 amide bonds. The fourth-order valence-electron chi connectivity index (χ4n) is 4.01. The summed E-state index contributed by atoms with van der Waals surface area (Å²) in [6.07, 6.45) is 1.87. The topological polar surface area (TPSA) is 106 Å². The number of carbonyl (C=O) groups is 1. The van der Waals surface area contributed by atoms with E-state index < -0.39 is 10.0 Å². The maximum Gasteiger partial charge on any atom is 0.257 e. The van der Waals surface area contributed by atoms with Crippen molar-refractivity contribution in [2.75, 3.05) is 27.2 Å². The first kappa shape index (κ1) is 24.9. The average molecular weight is 499 g/mol. The van der Waals surface area contributed by atoms with Crippen molar-refractivity contribution in [2.45, 2.75) is 44.0 Å². The number of rotatable bonds is 8. The maximum atomic E-state index is 13.3. The molecule has 0 bridgehead atoms. The molecule has 2 aromatic carbocycles. The van der Waals surface area contributed by atoms with Crippen LogP contribution in [0.4, 0.5) is 0 Å². The van der Waals surface area contributed by atoms with Crippen LogP contribution in [0.3, 0.4) is 0 Å². The van der Waals surface area contributed by atoms with Gasteiger partial charge in [0.15, 0.2) is 0 Å².